The van der Waals surface area contributed by atoms with Crippen molar-refractivity contribution >= 4 is 0 Å². The number of nitrogens with two attached hydrogens (primary N) is 1. The summed E-state index contributed by atoms with van der Waals surface area (Å²) in [6.45, 7) is 9.02. The summed E-state index contributed by atoms with van der Waals surface area (Å²) in [4.78, 5) is 0. The highest BCUT2D eigenvalue weighted by atomic mass is 16.5. The molecule has 0 aliphatic rings. The lowest BCUT2D eigenvalue weighted by atomic mass is 9.82. The van der Waals surface area contributed by atoms with Crippen LogP contribution in [-0.4, -0.2) is 24.9 Å². The van der Waals surface area contributed by atoms with Crippen molar-refractivity contribution in [2.45, 2.75) is 58.0 Å². The minimum Gasteiger partial charge on any atom is -0.496 e. The summed E-state index contributed by atoms with van der Waals surface area (Å²) < 4.78 is 5.47. The molecule has 1 aromatic rings. The van der Waals surface area contributed by atoms with Crippen LogP contribution in [0.4, 0.5) is 0 Å². The molecule has 0 radical (unpaired) electrons. The standard InChI is InChI=1S/C17H29NO2/c1-6-12(9-14(19)11-18)13-7-8-16(20-5)15(10-13)17(2,3)4/h7-8,10,12,14,19H,6,9,11,18H2,1-5H3. The molecule has 0 bridgehead atoms. The maximum Gasteiger partial charge on any atom is 0.122 e. The number of ether oxygens (including phenoxy) is 1. The summed E-state index contributed by atoms with van der Waals surface area (Å²) >= 11 is 0. The first kappa shape index (κ1) is 17.0. The zero-order chi connectivity index (χ0) is 15.3. The van der Waals surface area contributed by atoms with E-state index in [4.69, 9.17) is 10.5 Å². The third-order valence-corrected chi connectivity index (χ3v) is 3.82. The fourth-order valence-electron chi connectivity index (χ4n) is 2.53. The largest absolute Gasteiger partial charge is 0.496 e. The molecule has 0 saturated carbocycles. The van der Waals surface area contributed by atoms with Gasteiger partial charge in [0.05, 0.1) is 13.2 Å². The van der Waals surface area contributed by atoms with Crippen molar-refractivity contribution in [3.05, 3.63) is 29.3 Å². The molecule has 114 valence electrons. The maximum atomic E-state index is 9.80. The second kappa shape index (κ2) is 7.09. The molecule has 3 heteroatoms. The summed E-state index contributed by atoms with van der Waals surface area (Å²) in [5, 5.41) is 9.80. The average molecular weight is 279 g/mol. The maximum absolute atomic E-state index is 9.80. The molecule has 0 aromatic heterocycles. The molecule has 0 aliphatic carbocycles. The van der Waals surface area contributed by atoms with Crippen molar-refractivity contribution < 1.29 is 9.84 Å². The molecule has 2 atom stereocenters. The topological polar surface area (TPSA) is 55.5 Å². The number of aliphatic hydroxyl groups excluding tert-OH is 1. The molecular weight excluding hydrogens is 250 g/mol. The lowest BCUT2D eigenvalue weighted by molar-refractivity contribution is 0.162. The number of methoxy groups -OCH3 is 1. The van der Waals surface area contributed by atoms with Crippen LogP contribution < -0.4 is 10.5 Å². The van der Waals surface area contributed by atoms with Crippen molar-refractivity contribution in [1.29, 1.82) is 0 Å². The van der Waals surface area contributed by atoms with Crippen molar-refractivity contribution in [2.24, 2.45) is 5.73 Å². The predicted octanol–water partition coefficient (Wildman–Crippen LogP) is 3.20. The van der Waals surface area contributed by atoms with Gasteiger partial charge in [-0.15, -0.1) is 0 Å². The Hall–Kier alpha value is -1.06. The van der Waals surface area contributed by atoms with Crippen LogP contribution in [0.1, 0.15) is 57.6 Å². The molecule has 20 heavy (non-hydrogen) atoms. The summed E-state index contributed by atoms with van der Waals surface area (Å²) in [7, 11) is 1.71. The van der Waals surface area contributed by atoms with Crippen LogP contribution in [0.2, 0.25) is 0 Å². The lowest BCUT2D eigenvalue weighted by Crippen LogP contribution is -2.22. The highest BCUT2D eigenvalue weighted by molar-refractivity contribution is 5.42. The summed E-state index contributed by atoms with van der Waals surface area (Å²) in [6.07, 6.45) is 1.27. The van der Waals surface area contributed by atoms with Gasteiger partial charge in [0, 0.05) is 6.54 Å². The van der Waals surface area contributed by atoms with E-state index in [1.807, 2.05) is 6.07 Å². The Morgan fingerprint density at radius 2 is 1.95 bits per heavy atom. The number of hydrogen-bond acceptors (Lipinski definition) is 3. The fraction of sp³-hybridized carbons (Fsp3) is 0.647. The highest BCUT2D eigenvalue weighted by Crippen LogP contribution is 2.35. The first-order valence-corrected chi connectivity index (χ1v) is 7.40. The minimum absolute atomic E-state index is 0.0339. The van der Waals surface area contributed by atoms with Gasteiger partial charge in [-0.3, -0.25) is 0 Å². The van der Waals surface area contributed by atoms with Crippen LogP contribution in [0.25, 0.3) is 0 Å². The summed E-state index contributed by atoms with van der Waals surface area (Å²) in [6, 6.07) is 6.36. The molecule has 3 N–H and O–H groups in total. The number of hydrogen-bond donors (Lipinski definition) is 2. The van der Waals surface area contributed by atoms with Gasteiger partial charge in [-0.1, -0.05) is 39.8 Å². The first-order chi connectivity index (χ1) is 9.33. The molecule has 0 aliphatic heterocycles. The second-order valence-electron chi connectivity index (χ2n) is 6.44. The van der Waals surface area contributed by atoms with Gasteiger partial charge in [-0.2, -0.15) is 0 Å². The monoisotopic (exact) mass is 279 g/mol. The van der Waals surface area contributed by atoms with Gasteiger partial charge in [0.1, 0.15) is 5.75 Å². The van der Waals surface area contributed by atoms with Crippen LogP contribution in [-0.2, 0) is 5.41 Å². The molecular formula is C17H29NO2. The molecule has 2 unspecified atom stereocenters. The van der Waals surface area contributed by atoms with E-state index in [-0.39, 0.29) is 5.41 Å². The van der Waals surface area contributed by atoms with E-state index in [0.29, 0.717) is 18.9 Å². The third-order valence-electron chi connectivity index (χ3n) is 3.82. The Morgan fingerprint density at radius 1 is 1.30 bits per heavy atom. The Bertz CT molecular complexity index is 423. The Labute approximate surface area is 123 Å². The molecule has 3 nitrogen and oxygen atoms in total. The van der Waals surface area contributed by atoms with E-state index in [0.717, 1.165) is 12.2 Å². The molecule has 1 aromatic carbocycles. The van der Waals surface area contributed by atoms with Crippen LogP contribution >= 0.6 is 0 Å². The summed E-state index contributed by atoms with van der Waals surface area (Å²) in [5.74, 6) is 1.26. The number of benzene rings is 1. The van der Waals surface area contributed by atoms with Crippen LogP contribution in [0, 0.1) is 0 Å². The molecule has 0 amide bonds. The van der Waals surface area contributed by atoms with Gasteiger partial charge in [-0.25, -0.2) is 0 Å². The Balaban J connectivity index is 3.12. The first-order valence-electron chi connectivity index (χ1n) is 7.40. The highest BCUT2D eigenvalue weighted by Gasteiger charge is 2.22. The average Bonchev–Trinajstić information content (AvgIpc) is 2.42. The Morgan fingerprint density at radius 3 is 2.40 bits per heavy atom. The van der Waals surface area contributed by atoms with E-state index < -0.39 is 6.10 Å². The molecule has 0 fully saturated rings. The van der Waals surface area contributed by atoms with Crippen molar-refractivity contribution in [2.75, 3.05) is 13.7 Å². The third kappa shape index (κ3) is 4.22. The van der Waals surface area contributed by atoms with Gasteiger partial charge in [-0.05, 0) is 41.4 Å². The van der Waals surface area contributed by atoms with E-state index >= 15 is 0 Å². The van der Waals surface area contributed by atoms with Crippen molar-refractivity contribution in [1.82, 2.24) is 0 Å². The second-order valence-corrected chi connectivity index (χ2v) is 6.44. The fourth-order valence-corrected chi connectivity index (χ4v) is 2.53. The van der Waals surface area contributed by atoms with Gasteiger partial charge in [0.15, 0.2) is 0 Å². The molecule has 0 saturated heterocycles. The number of aliphatic hydroxyl groups is 1. The minimum atomic E-state index is -0.430. The smallest absolute Gasteiger partial charge is 0.122 e. The van der Waals surface area contributed by atoms with Gasteiger partial charge in [0.25, 0.3) is 0 Å². The Kier molecular flexibility index (Phi) is 6.03. The zero-order valence-electron chi connectivity index (χ0n) is 13.4. The zero-order valence-corrected chi connectivity index (χ0v) is 13.4. The molecule has 0 spiro atoms. The number of rotatable bonds is 6. The van der Waals surface area contributed by atoms with Crippen molar-refractivity contribution in [3.63, 3.8) is 0 Å². The quantitative estimate of drug-likeness (QED) is 0.841. The van der Waals surface area contributed by atoms with Gasteiger partial charge >= 0.3 is 0 Å². The molecule has 0 heterocycles. The molecule has 1 rings (SSSR count). The van der Waals surface area contributed by atoms with Crippen molar-refractivity contribution in [3.8, 4) is 5.75 Å². The van der Waals surface area contributed by atoms with E-state index in [9.17, 15) is 5.11 Å². The normalized spacial score (nSPS) is 14.9. The van der Waals surface area contributed by atoms with E-state index in [2.05, 4.69) is 39.8 Å². The van der Waals surface area contributed by atoms with E-state index in [1.165, 1.54) is 11.1 Å². The van der Waals surface area contributed by atoms with Crippen LogP contribution in [0.5, 0.6) is 5.75 Å². The van der Waals surface area contributed by atoms with Crippen LogP contribution in [0.15, 0.2) is 18.2 Å². The predicted molar refractivity (Wildman–Crippen MR) is 84.4 cm³/mol. The van der Waals surface area contributed by atoms with Crippen LogP contribution in [0.3, 0.4) is 0 Å². The SMILES string of the molecule is CCC(CC(O)CN)c1ccc(OC)c(C(C)(C)C)c1. The lowest BCUT2D eigenvalue weighted by Gasteiger charge is -2.25. The van der Waals surface area contributed by atoms with Gasteiger partial charge in [0.2, 0.25) is 0 Å². The van der Waals surface area contributed by atoms with E-state index in [1.54, 1.807) is 7.11 Å². The van der Waals surface area contributed by atoms with Gasteiger partial charge < -0.3 is 15.6 Å². The summed E-state index contributed by atoms with van der Waals surface area (Å²) in [5.41, 5.74) is 8.02.